The zero-order valence-corrected chi connectivity index (χ0v) is 20.2. The van der Waals surface area contributed by atoms with Gasteiger partial charge in [0.2, 0.25) is 11.8 Å². The van der Waals surface area contributed by atoms with E-state index in [9.17, 15) is 19.1 Å². The summed E-state index contributed by atoms with van der Waals surface area (Å²) in [4.78, 5) is 34.9. The van der Waals surface area contributed by atoms with Gasteiger partial charge in [0.1, 0.15) is 17.4 Å². The summed E-state index contributed by atoms with van der Waals surface area (Å²) < 4.78 is 25.0. The lowest BCUT2D eigenvalue weighted by Crippen LogP contribution is -2.31. The number of carbonyl (C=O) groups excluding carboxylic acids is 2. The number of ether oxygens (including phenoxy) is 2. The van der Waals surface area contributed by atoms with Crippen molar-refractivity contribution >= 4 is 46.2 Å². The maximum atomic E-state index is 14.4. The maximum absolute atomic E-state index is 14.4. The highest BCUT2D eigenvalue weighted by molar-refractivity contribution is 8.00. The summed E-state index contributed by atoms with van der Waals surface area (Å²) in [6.45, 7) is 0.546. The van der Waals surface area contributed by atoms with Gasteiger partial charge in [0, 0.05) is 41.7 Å². The van der Waals surface area contributed by atoms with Crippen molar-refractivity contribution in [3.8, 4) is 5.88 Å². The minimum atomic E-state index is -0.833. The predicted octanol–water partition coefficient (Wildman–Crippen LogP) is 2.69. The summed E-state index contributed by atoms with van der Waals surface area (Å²) in [5, 5.41) is 16.4. The third kappa shape index (κ3) is 5.06. The van der Waals surface area contributed by atoms with E-state index in [2.05, 4.69) is 20.6 Å². The average molecular weight is 514 g/mol. The Bertz CT molecular complexity index is 1330. The highest BCUT2D eigenvalue weighted by atomic mass is 32.2. The molecule has 3 aromatic rings. The SMILES string of the molecule is COc1ccc2ncc(F)c(CNC[C@H](O)C[C@H]3CN(c4ccc5c(c4)NC(=O)CS5)C(=O)O3)c2n1. The number of cyclic esters (lactones) is 1. The number of carbonyl (C=O) groups is 2. The van der Waals surface area contributed by atoms with Crippen LogP contribution in [0.5, 0.6) is 5.88 Å². The minimum absolute atomic E-state index is 0.0864. The van der Waals surface area contributed by atoms with Gasteiger partial charge in [-0.15, -0.1) is 11.8 Å². The van der Waals surface area contributed by atoms with E-state index in [0.717, 1.165) is 11.1 Å². The number of aliphatic hydroxyl groups excluding tert-OH is 1. The fourth-order valence-electron chi connectivity index (χ4n) is 4.20. The molecule has 0 bridgehead atoms. The number of nitrogens with zero attached hydrogens (tertiary/aromatic N) is 3. The third-order valence-corrected chi connectivity index (χ3v) is 7.02. The monoisotopic (exact) mass is 513 g/mol. The Kier molecular flexibility index (Phi) is 6.90. The molecule has 2 amide bonds. The summed E-state index contributed by atoms with van der Waals surface area (Å²) in [6, 6.07) is 8.77. The lowest BCUT2D eigenvalue weighted by atomic mass is 10.1. The lowest BCUT2D eigenvalue weighted by Gasteiger charge is -2.20. The molecule has 2 aromatic heterocycles. The van der Waals surface area contributed by atoms with Gasteiger partial charge in [0.15, 0.2) is 0 Å². The predicted molar refractivity (Wildman–Crippen MR) is 132 cm³/mol. The molecule has 1 fully saturated rings. The molecule has 3 N–H and O–H groups in total. The molecule has 0 unspecified atom stereocenters. The first-order chi connectivity index (χ1) is 17.4. The van der Waals surface area contributed by atoms with E-state index in [1.54, 1.807) is 18.2 Å². The van der Waals surface area contributed by atoms with E-state index in [1.165, 1.54) is 23.8 Å². The summed E-state index contributed by atoms with van der Waals surface area (Å²) in [5.74, 6) is 0.117. The number of hydrogen-bond acceptors (Lipinski definition) is 9. The second-order valence-electron chi connectivity index (χ2n) is 8.46. The number of nitrogens with one attached hydrogen (secondary N) is 2. The summed E-state index contributed by atoms with van der Waals surface area (Å²) in [5.41, 5.74) is 2.52. The van der Waals surface area contributed by atoms with Crippen LogP contribution in [-0.2, 0) is 16.1 Å². The van der Waals surface area contributed by atoms with Crippen LogP contribution < -0.4 is 20.3 Å². The number of thioether (sulfide) groups is 1. The van der Waals surface area contributed by atoms with Crippen molar-refractivity contribution in [3.05, 3.63) is 47.9 Å². The highest BCUT2D eigenvalue weighted by Gasteiger charge is 2.34. The zero-order valence-electron chi connectivity index (χ0n) is 19.4. The number of amides is 2. The molecule has 2 aliphatic rings. The van der Waals surface area contributed by atoms with E-state index in [1.807, 2.05) is 12.1 Å². The molecule has 0 aliphatic carbocycles. The number of pyridine rings is 2. The van der Waals surface area contributed by atoms with Gasteiger partial charge >= 0.3 is 6.09 Å². The number of aliphatic hydroxyl groups is 1. The molecule has 10 nitrogen and oxygen atoms in total. The Morgan fingerprint density at radius 3 is 3.06 bits per heavy atom. The smallest absolute Gasteiger partial charge is 0.414 e. The minimum Gasteiger partial charge on any atom is -0.481 e. The molecular formula is C24H24FN5O5S. The summed E-state index contributed by atoms with van der Waals surface area (Å²) in [6.07, 6.45) is -0.515. The molecule has 5 rings (SSSR count). The van der Waals surface area contributed by atoms with Crippen LogP contribution in [0.4, 0.5) is 20.6 Å². The largest absolute Gasteiger partial charge is 0.481 e. The third-order valence-electron chi connectivity index (χ3n) is 5.95. The number of anilines is 2. The molecular weight excluding hydrogens is 489 g/mol. The van der Waals surface area contributed by atoms with E-state index in [-0.39, 0.29) is 32.0 Å². The van der Waals surface area contributed by atoms with Gasteiger partial charge in [-0.1, -0.05) is 0 Å². The van der Waals surface area contributed by atoms with Crippen molar-refractivity contribution in [2.75, 3.05) is 36.2 Å². The van der Waals surface area contributed by atoms with Crippen LogP contribution in [0.1, 0.15) is 12.0 Å². The van der Waals surface area contributed by atoms with Crippen molar-refractivity contribution in [1.29, 1.82) is 0 Å². The Hall–Kier alpha value is -3.48. The number of rotatable bonds is 8. The van der Waals surface area contributed by atoms with Gasteiger partial charge in [-0.25, -0.2) is 14.2 Å². The topological polar surface area (TPSA) is 126 Å². The fraction of sp³-hybridized carbons (Fsp3) is 0.333. The molecule has 0 spiro atoms. The first kappa shape index (κ1) is 24.2. The van der Waals surface area contributed by atoms with Crippen LogP contribution >= 0.6 is 11.8 Å². The number of fused-ring (bicyclic) bond motifs is 2. The second kappa shape index (κ2) is 10.2. The van der Waals surface area contributed by atoms with Crippen molar-refractivity contribution in [1.82, 2.24) is 15.3 Å². The quantitative estimate of drug-likeness (QED) is 0.417. The fourth-order valence-corrected chi connectivity index (χ4v) is 4.99. The molecule has 0 radical (unpaired) electrons. The summed E-state index contributed by atoms with van der Waals surface area (Å²) >= 11 is 1.44. The van der Waals surface area contributed by atoms with Gasteiger partial charge in [0.25, 0.3) is 0 Å². The molecule has 1 saturated heterocycles. The number of aromatic nitrogens is 2. The first-order valence-electron chi connectivity index (χ1n) is 11.3. The molecule has 36 heavy (non-hydrogen) atoms. The Morgan fingerprint density at radius 1 is 1.36 bits per heavy atom. The highest BCUT2D eigenvalue weighted by Crippen LogP contribution is 2.35. The zero-order chi connectivity index (χ0) is 25.2. The van der Waals surface area contributed by atoms with Crippen molar-refractivity contribution in [2.45, 2.75) is 30.1 Å². The second-order valence-corrected chi connectivity index (χ2v) is 9.48. The van der Waals surface area contributed by atoms with Crippen LogP contribution in [-0.4, -0.2) is 65.2 Å². The van der Waals surface area contributed by atoms with E-state index in [0.29, 0.717) is 39.6 Å². The summed E-state index contributed by atoms with van der Waals surface area (Å²) in [7, 11) is 1.48. The lowest BCUT2D eigenvalue weighted by molar-refractivity contribution is -0.113. The Morgan fingerprint density at radius 2 is 2.22 bits per heavy atom. The van der Waals surface area contributed by atoms with E-state index < -0.39 is 24.1 Å². The number of hydrogen-bond donors (Lipinski definition) is 3. The van der Waals surface area contributed by atoms with Crippen molar-refractivity contribution in [2.24, 2.45) is 0 Å². The maximum Gasteiger partial charge on any atom is 0.414 e. The Labute approximate surface area is 210 Å². The number of halogens is 1. The molecule has 2 atom stereocenters. The van der Waals surface area contributed by atoms with Gasteiger partial charge in [0.05, 0.1) is 42.9 Å². The van der Waals surface area contributed by atoms with Crippen LogP contribution in [0.15, 0.2) is 41.4 Å². The molecule has 2 aliphatic heterocycles. The van der Waals surface area contributed by atoms with Gasteiger partial charge in [-0.2, -0.15) is 0 Å². The van der Waals surface area contributed by atoms with E-state index in [4.69, 9.17) is 9.47 Å². The molecule has 4 heterocycles. The number of benzene rings is 1. The standard InChI is InChI=1S/C24H24FN5O5S/c1-34-22-5-3-18-23(29-22)16(17(25)10-27-18)9-26-8-14(31)7-15-11-30(24(33)35-15)13-2-4-20-19(6-13)28-21(32)12-36-20/h2-6,10,14-15,26,31H,7-9,11-12H2,1H3,(H,28,32)/t14-,15+/m1/s1. The van der Waals surface area contributed by atoms with Crippen LogP contribution in [0, 0.1) is 5.82 Å². The van der Waals surface area contributed by atoms with Crippen LogP contribution in [0.3, 0.4) is 0 Å². The molecule has 188 valence electrons. The van der Waals surface area contributed by atoms with Crippen molar-refractivity contribution in [3.63, 3.8) is 0 Å². The van der Waals surface area contributed by atoms with E-state index >= 15 is 0 Å². The van der Waals surface area contributed by atoms with Crippen molar-refractivity contribution < 1.29 is 28.6 Å². The van der Waals surface area contributed by atoms with Gasteiger partial charge < -0.3 is 25.2 Å². The number of methoxy groups -OCH3 is 1. The van der Waals surface area contributed by atoms with Gasteiger partial charge in [-0.05, 0) is 24.3 Å². The average Bonchev–Trinajstić information content (AvgIpc) is 3.24. The normalized spacial score (nSPS) is 18.1. The Balaban J connectivity index is 1.17. The van der Waals surface area contributed by atoms with Crippen LogP contribution in [0.2, 0.25) is 0 Å². The van der Waals surface area contributed by atoms with Crippen LogP contribution in [0.25, 0.3) is 11.0 Å². The molecule has 0 saturated carbocycles. The first-order valence-corrected chi connectivity index (χ1v) is 12.3. The van der Waals surface area contributed by atoms with Gasteiger partial charge in [-0.3, -0.25) is 14.7 Å². The molecule has 1 aromatic carbocycles. The molecule has 12 heteroatoms.